The molecule has 0 saturated heterocycles. The van der Waals surface area contributed by atoms with Gasteiger partial charge in [0.05, 0.1) is 22.6 Å². The van der Waals surface area contributed by atoms with Crippen molar-refractivity contribution >= 4 is 27.3 Å². The maximum Gasteiger partial charge on any atom is 0.280 e. The van der Waals surface area contributed by atoms with Gasteiger partial charge >= 0.3 is 0 Å². The summed E-state index contributed by atoms with van der Waals surface area (Å²) in [6.45, 7) is 3.62. The zero-order chi connectivity index (χ0) is 17.3. The Balaban J connectivity index is 2.06. The van der Waals surface area contributed by atoms with E-state index in [9.17, 15) is 9.18 Å². The van der Waals surface area contributed by atoms with Gasteiger partial charge in [0, 0.05) is 10.2 Å². The fourth-order valence-electron chi connectivity index (χ4n) is 2.54. The van der Waals surface area contributed by atoms with Gasteiger partial charge in [-0.25, -0.2) is 9.07 Å². The van der Waals surface area contributed by atoms with E-state index in [1.165, 1.54) is 16.8 Å². The molecule has 0 saturated carbocycles. The Labute approximate surface area is 146 Å². The normalized spacial score (nSPS) is 11.8. The van der Waals surface area contributed by atoms with Crippen LogP contribution in [-0.4, -0.2) is 15.5 Å². The summed E-state index contributed by atoms with van der Waals surface area (Å²) in [4.78, 5) is 17.2. The number of benzene rings is 2. The smallest absolute Gasteiger partial charge is 0.280 e. The number of aromatic nitrogens is 2. The van der Waals surface area contributed by atoms with E-state index < -0.39 is 0 Å². The van der Waals surface area contributed by atoms with Crippen LogP contribution in [0.4, 0.5) is 10.1 Å². The molecular formula is C18H15BrFN3O. The molecule has 0 aliphatic carbocycles. The maximum absolute atomic E-state index is 13.1. The summed E-state index contributed by atoms with van der Waals surface area (Å²) in [6, 6.07) is 13.3. The zero-order valence-electron chi connectivity index (χ0n) is 13.2. The first-order valence-electron chi connectivity index (χ1n) is 7.34. The van der Waals surface area contributed by atoms with Crippen LogP contribution in [0.15, 0.2) is 62.8 Å². The van der Waals surface area contributed by atoms with Crippen molar-refractivity contribution in [1.29, 1.82) is 0 Å². The number of halogens is 2. The van der Waals surface area contributed by atoms with Crippen LogP contribution >= 0.6 is 15.9 Å². The average molecular weight is 388 g/mol. The van der Waals surface area contributed by atoms with Crippen molar-refractivity contribution in [3.63, 3.8) is 0 Å². The summed E-state index contributed by atoms with van der Waals surface area (Å²) >= 11 is 3.41. The molecule has 3 rings (SSSR count). The third-order valence-electron chi connectivity index (χ3n) is 3.62. The van der Waals surface area contributed by atoms with Gasteiger partial charge in [-0.1, -0.05) is 22.0 Å². The lowest BCUT2D eigenvalue weighted by atomic mass is 10.1. The monoisotopic (exact) mass is 387 g/mol. The summed E-state index contributed by atoms with van der Waals surface area (Å²) in [5, 5.41) is 3.02. The molecule has 1 N–H and O–H groups in total. The van der Waals surface area contributed by atoms with Crippen LogP contribution in [0.3, 0.4) is 0 Å². The number of aryl methyl sites for hydroxylation is 1. The third-order valence-corrected chi connectivity index (χ3v) is 4.12. The molecule has 0 radical (unpaired) electrons. The Morgan fingerprint density at radius 2 is 1.92 bits per heavy atom. The van der Waals surface area contributed by atoms with E-state index >= 15 is 0 Å². The first-order valence-corrected chi connectivity index (χ1v) is 8.14. The minimum atomic E-state index is -0.345. The topological polar surface area (TPSA) is 50.1 Å². The summed E-state index contributed by atoms with van der Waals surface area (Å²) < 4.78 is 15.4. The lowest BCUT2D eigenvalue weighted by molar-refractivity contribution is 0.627. The molecule has 1 heterocycles. The molecule has 0 bridgehead atoms. The van der Waals surface area contributed by atoms with E-state index in [2.05, 4.69) is 26.0 Å². The minimum Gasteiger partial charge on any atom is -0.295 e. The zero-order valence-corrected chi connectivity index (χ0v) is 14.8. The molecule has 0 fully saturated rings. The Kier molecular flexibility index (Phi) is 4.49. The van der Waals surface area contributed by atoms with E-state index in [0.29, 0.717) is 22.7 Å². The Morgan fingerprint density at radius 1 is 1.21 bits per heavy atom. The average Bonchev–Trinajstić information content (AvgIpc) is 2.83. The van der Waals surface area contributed by atoms with Crippen molar-refractivity contribution in [2.24, 2.45) is 4.99 Å². The minimum absolute atomic E-state index is 0.213. The van der Waals surface area contributed by atoms with Crippen molar-refractivity contribution in [3.8, 4) is 5.69 Å². The van der Waals surface area contributed by atoms with Crippen LogP contribution in [0.25, 0.3) is 5.69 Å². The fourth-order valence-corrected chi connectivity index (χ4v) is 2.93. The van der Waals surface area contributed by atoms with Crippen molar-refractivity contribution < 1.29 is 4.39 Å². The van der Waals surface area contributed by atoms with Crippen molar-refractivity contribution in [2.45, 2.75) is 13.8 Å². The SMILES string of the molecule is CC(=Nc1cccc(Br)c1)c1c(C)[nH]n(-c2ccc(F)cc2)c1=O. The van der Waals surface area contributed by atoms with Gasteiger partial charge in [0.25, 0.3) is 5.56 Å². The maximum atomic E-state index is 13.1. The summed E-state index contributed by atoms with van der Waals surface area (Å²) in [5.74, 6) is -0.345. The van der Waals surface area contributed by atoms with Crippen LogP contribution in [0.5, 0.6) is 0 Å². The molecule has 0 spiro atoms. The lowest BCUT2D eigenvalue weighted by Crippen LogP contribution is -2.19. The van der Waals surface area contributed by atoms with Gasteiger partial charge in [-0.15, -0.1) is 0 Å². The highest BCUT2D eigenvalue weighted by Gasteiger charge is 2.15. The largest absolute Gasteiger partial charge is 0.295 e. The molecule has 2 aromatic carbocycles. The van der Waals surface area contributed by atoms with Gasteiger partial charge in [-0.05, 0) is 56.3 Å². The first kappa shape index (κ1) is 16.4. The van der Waals surface area contributed by atoms with Gasteiger partial charge < -0.3 is 0 Å². The van der Waals surface area contributed by atoms with E-state index in [4.69, 9.17) is 0 Å². The number of hydrogen-bond acceptors (Lipinski definition) is 2. The number of rotatable bonds is 3. The predicted molar refractivity (Wildman–Crippen MR) is 97.1 cm³/mol. The lowest BCUT2D eigenvalue weighted by Gasteiger charge is -2.00. The Morgan fingerprint density at radius 3 is 2.58 bits per heavy atom. The molecule has 1 aromatic heterocycles. The number of hydrogen-bond donors (Lipinski definition) is 1. The molecule has 24 heavy (non-hydrogen) atoms. The van der Waals surface area contributed by atoms with Crippen molar-refractivity contribution in [3.05, 3.63) is 80.4 Å². The molecule has 0 atom stereocenters. The number of nitrogens with zero attached hydrogens (tertiary/aromatic N) is 2. The van der Waals surface area contributed by atoms with E-state index in [1.54, 1.807) is 19.1 Å². The van der Waals surface area contributed by atoms with Crippen LogP contribution in [-0.2, 0) is 0 Å². The second-order valence-corrected chi connectivity index (χ2v) is 6.32. The highest BCUT2D eigenvalue weighted by atomic mass is 79.9. The quantitative estimate of drug-likeness (QED) is 0.660. The molecule has 6 heteroatoms. The third kappa shape index (κ3) is 3.23. The molecule has 0 aliphatic heterocycles. The van der Waals surface area contributed by atoms with Crippen LogP contribution in [0.2, 0.25) is 0 Å². The van der Waals surface area contributed by atoms with Crippen LogP contribution in [0.1, 0.15) is 18.2 Å². The molecule has 0 aliphatic rings. The Hall–Kier alpha value is -2.47. The second kappa shape index (κ2) is 6.57. The highest BCUT2D eigenvalue weighted by molar-refractivity contribution is 9.10. The summed E-state index contributed by atoms with van der Waals surface area (Å²) in [6.07, 6.45) is 0. The standard InChI is InChI=1S/C18H15BrFN3O/c1-11(21-15-5-3-4-13(19)10-15)17-12(2)22-23(18(17)24)16-8-6-14(20)7-9-16/h3-10,22H,1-2H3. The Bertz CT molecular complexity index is 971. The van der Waals surface area contributed by atoms with E-state index in [-0.39, 0.29) is 11.4 Å². The molecule has 0 unspecified atom stereocenters. The van der Waals surface area contributed by atoms with E-state index in [0.717, 1.165) is 10.2 Å². The molecular weight excluding hydrogens is 373 g/mol. The molecule has 4 nitrogen and oxygen atoms in total. The second-order valence-electron chi connectivity index (χ2n) is 5.41. The van der Waals surface area contributed by atoms with Gasteiger partial charge in [-0.3, -0.25) is 14.9 Å². The van der Waals surface area contributed by atoms with Gasteiger partial charge in [0.15, 0.2) is 0 Å². The summed E-state index contributed by atoms with van der Waals surface area (Å²) in [5.41, 5.74) is 2.96. The number of aromatic amines is 1. The van der Waals surface area contributed by atoms with Crippen molar-refractivity contribution in [2.75, 3.05) is 0 Å². The van der Waals surface area contributed by atoms with Gasteiger partial charge in [0.1, 0.15) is 5.82 Å². The fraction of sp³-hybridized carbons (Fsp3) is 0.111. The molecule has 3 aromatic rings. The number of H-pyrrole nitrogens is 1. The van der Waals surface area contributed by atoms with Gasteiger partial charge in [0.2, 0.25) is 0 Å². The highest BCUT2D eigenvalue weighted by Crippen LogP contribution is 2.20. The number of aliphatic imine (C=N–C) groups is 1. The van der Waals surface area contributed by atoms with Crippen LogP contribution in [0, 0.1) is 12.7 Å². The van der Waals surface area contributed by atoms with E-state index in [1.807, 2.05) is 31.2 Å². The van der Waals surface area contributed by atoms with Crippen LogP contribution < -0.4 is 5.56 Å². The van der Waals surface area contributed by atoms with Crippen molar-refractivity contribution in [1.82, 2.24) is 9.78 Å². The van der Waals surface area contributed by atoms with Gasteiger partial charge in [-0.2, -0.15) is 0 Å². The predicted octanol–water partition coefficient (Wildman–Crippen LogP) is 4.52. The first-order chi connectivity index (χ1) is 11.5. The summed E-state index contributed by atoms with van der Waals surface area (Å²) in [7, 11) is 0. The number of nitrogens with one attached hydrogen (secondary N) is 1. The molecule has 0 amide bonds. The molecule has 122 valence electrons.